The average molecular weight is 280 g/mol. The molecule has 1 fully saturated rings. The Hall–Kier alpha value is -0.510. The van der Waals surface area contributed by atoms with Crippen LogP contribution >= 0.6 is 0 Å². The maximum absolute atomic E-state index is 12.7. The maximum atomic E-state index is 12.7. The molecule has 9 heteroatoms. The van der Waals surface area contributed by atoms with Gasteiger partial charge in [0.25, 0.3) is 0 Å². The van der Waals surface area contributed by atoms with Gasteiger partial charge in [-0.1, -0.05) is 0 Å². The van der Waals surface area contributed by atoms with E-state index in [-0.39, 0.29) is 12.7 Å². The van der Waals surface area contributed by atoms with Crippen LogP contribution in [0, 0.1) is 0 Å². The third-order valence-corrected chi connectivity index (χ3v) is 2.28. The first-order valence-corrected chi connectivity index (χ1v) is 5.06. The summed E-state index contributed by atoms with van der Waals surface area (Å²) in [5.74, 6) is -5.00. The van der Waals surface area contributed by atoms with Crippen LogP contribution in [0.25, 0.3) is 0 Å². The summed E-state index contributed by atoms with van der Waals surface area (Å²) in [6.07, 6.45) is -11.4. The summed E-state index contributed by atoms with van der Waals surface area (Å²) in [4.78, 5) is 0. The van der Waals surface area contributed by atoms with Gasteiger partial charge in [-0.3, -0.25) is 0 Å². The molecule has 0 aromatic heterocycles. The highest BCUT2D eigenvalue weighted by molar-refractivity contribution is 4.81. The summed E-state index contributed by atoms with van der Waals surface area (Å²) in [6, 6.07) is 0. The molecule has 1 saturated heterocycles. The van der Waals surface area contributed by atoms with Crippen molar-refractivity contribution < 1.29 is 41.3 Å². The number of hydrogen-bond acceptors (Lipinski definition) is 4. The van der Waals surface area contributed by atoms with Crippen molar-refractivity contribution in [3.8, 4) is 0 Å². The van der Waals surface area contributed by atoms with Gasteiger partial charge in [-0.25, -0.2) is 0 Å². The maximum Gasteiger partial charge on any atom is 0.453 e. The summed E-state index contributed by atoms with van der Waals surface area (Å²) >= 11 is 0. The number of halogens is 5. The minimum Gasteiger partial charge on any atom is -0.388 e. The van der Waals surface area contributed by atoms with Crippen molar-refractivity contribution in [1.82, 2.24) is 0 Å². The molecule has 1 rings (SSSR count). The molecule has 0 radical (unpaired) electrons. The third-order valence-electron chi connectivity index (χ3n) is 2.28. The lowest BCUT2D eigenvalue weighted by atomic mass is 10.1. The van der Waals surface area contributed by atoms with Crippen molar-refractivity contribution in [2.24, 2.45) is 0 Å². The van der Waals surface area contributed by atoms with E-state index in [9.17, 15) is 27.1 Å². The highest BCUT2D eigenvalue weighted by Gasteiger charge is 2.58. The number of rotatable bonds is 7. The van der Waals surface area contributed by atoms with Crippen molar-refractivity contribution in [2.75, 3.05) is 20.3 Å². The number of methoxy groups -OCH3 is 1. The summed E-state index contributed by atoms with van der Waals surface area (Å²) in [7, 11) is 1.04. The first-order valence-electron chi connectivity index (χ1n) is 5.06. The predicted molar refractivity (Wildman–Crippen MR) is 48.1 cm³/mol. The lowest BCUT2D eigenvalue weighted by Gasteiger charge is -2.26. The van der Waals surface area contributed by atoms with Gasteiger partial charge in [0, 0.05) is 7.11 Å². The molecule has 0 aromatic rings. The summed E-state index contributed by atoms with van der Waals surface area (Å²) in [6.45, 7) is 0.387. The van der Waals surface area contributed by atoms with E-state index in [1.54, 1.807) is 0 Å². The summed E-state index contributed by atoms with van der Waals surface area (Å²) in [5, 5.41) is 9.27. The first kappa shape index (κ1) is 15.5. The van der Waals surface area contributed by atoms with Gasteiger partial charge in [-0.15, -0.1) is 0 Å². The Bertz CT molecular complexity index is 266. The Kier molecular flexibility index (Phi) is 4.87. The van der Waals surface area contributed by atoms with Gasteiger partial charge in [0.05, 0.1) is 19.6 Å². The molecule has 0 bridgehead atoms. The van der Waals surface area contributed by atoms with E-state index >= 15 is 0 Å². The van der Waals surface area contributed by atoms with E-state index in [1.807, 2.05) is 0 Å². The predicted octanol–water partition coefficient (Wildman–Crippen LogP) is 1.32. The van der Waals surface area contributed by atoms with Crippen molar-refractivity contribution in [1.29, 1.82) is 0 Å². The lowest BCUT2D eigenvalue weighted by Crippen LogP contribution is -2.44. The molecule has 108 valence electrons. The Morgan fingerprint density at radius 2 is 1.89 bits per heavy atom. The quantitative estimate of drug-likeness (QED) is 0.434. The zero-order valence-electron chi connectivity index (χ0n) is 9.42. The van der Waals surface area contributed by atoms with Crippen LogP contribution < -0.4 is 0 Å². The van der Waals surface area contributed by atoms with Crippen molar-refractivity contribution in [3.05, 3.63) is 0 Å². The molecule has 0 aliphatic carbocycles. The average Bonchev–Trinajstić information content (AvgIpc) is 2.99. The fourth-order valence-electron chi connectivity index (χ4n) is 1.18. The monoisotopic (exact) mass is 280 g/mol. The lowest BCUT2D eigenvalue weighted by molar-refractivity contribution is -0.299. The number of aliphatic hydroxyl groups is 1. The molecule has 1 aliphatic rings. The summed E-state index contributed by atoms with van der Waals surface area (Å²) in [5.41, 5.74) is 0. The SMILES string of the molecule is COC(OCC1CO1)C(O)CC(F)(F)C(F)(F)F. The molecular formula is C9H13F5O4. The minimum absolute atomic E-state index is 0.0346. The zero-order chi connectivity index (χ0) is 14.0. The van der Waals surface area contributed by atoms with E-state index < -0.39 is 30.9 Å². The van der Waals surface area contributed by atoms with Gasteiger partial charge in [-0.2, -0.15) is 22.0 Å². The van der Waals surface area contributed by atoms with Crippen LogP contribution in [-0.4, -0.2) is 56.0 Å². The van der Waals surface area contributed by atoms with Crippen LogP contribution in [0.4, 0.5) is 22.0 Å². The van der Waals surface area contributed by atoms with Gasteiger partial charge in [0.15, 0.2) is 6.29 Å². The van der Waals surface area contributed by atoms with Gasteiger partial charge >= 0.3 is 12.1 Å². The zero-order valence-corrected chi connectivity index (χ0v) is 9.42. The van der Waals surface area contributed by atoms with Crippen LogP contribution in [0.2, 0.25) is 0 Å². The fraction of sp³-hybridized carbons (Fsp3) is 1.00. The second-order valence-corrected chi connectivity index (χ2v) is 3.87. The molecule has 4 nitrogen and oxygen atoms in total. The van der Waals surface area contributed by atoms with Gasteiger partial charge in [0.2, 0.25) is 0 Å². The second kappa shape index (κ2) is 5.64. The number of aliphatic hydroxyl groups excluding tert-OH is 1. The van der Waals surface area contributed by atoms with E-state index in [2.05, 4.69) is 4.74 Å². The van der Waals surface area contributed by atoms with Crippen LogP contribution in [0.5, 0.6) is 0 Å². The largest absolute Gasteiger partial charge is 0.453 e. The highest BCUT2D eigenvalue weighted by Crippen LogP contribution is 2.39. The normalized spacial score (nSPS) is 23.8. The molecule has 1 heterocycles. The Labute approximate surface area is 99.6 Å². The fourth-order valence-corrected chi connectivity index (χ4v) is 1.18. The molecule has 0 aromatic carbocycles. The van der Waals surface area contributed by atoms with E-state index in [0.29, 0.717) is 6.61 Å². The van der Waals surface area contributed by atoms with Crippen molar-refractivity contribution in [2.45, 2.75) is 37.0 Å². The first-order chi connectivity index (χ1) is 8.17. The molecule has 1 aliphatic heterocycles. The molecule has 3 atom stereocenters. The van der Waals surface area contributed by atoms with Crippen LogP contribution in [-0.2, 0) is 14.2 Å². The molecule has 3 unspecified atom stereocenters. The molecule has 1 N–H and O–H groups in total. The molecule has 18 heavy (non-hydrogen) atoms. The Balaban J connectivity index is 2.46. The van der Waals surface area contributed by atoms with Crippen molar-refractivity contribution in [3.63, 3.8) is 0 Å². The number of epoxide rings is 1. The number of hydrogen-bond donors (Lipinski definition) is 1. The van der Waals surface area contributed by atoms with Crippen molar-refractivity contribution >= 4 is 0 Å². The van der Waals surface area contributed by atoms with Gasteiger partial charge in [-0.05, 0) is 0 Å². The molecule has 0 saturated carbocycles. The number of alkyl halides is 5. The van der Waals surface area contributed by atoms with E-state index in [4.69, 9.17) is 9.47 Å². The highest BCUT2D eigenvalue weighted by atomic mass is 19.4. The van der Waals surface area contributed by atoms with Crippen LogP contribution in [0.15, 0.2) is 0 Å². The second-order valence-electron chi connectivity index (χ2n) is 3.87. The van der Waals surface area contributed by atoms with Crippen LogP contribution in [0.1, 0.15) is 6.42 Å². The topological polar surface area (TPSA) is 51.2 Å². The Morgan fingerprint density at radius 1 is 1.33 bits per heavy atom. The molecular weight excluding hydrogens is 267 g/mol. The number of ether oxygens (including phenoxy) is 3. The van der Waals surface area contributed by atoms with E-state index in [0.717, 1.165) is 7.11 Å². The van der Waals surface area contributed by atoms with Gasteiger partial charge in [0.1, 0.15) is 12.2 Å². The van der Waals surface area contributed by atoms with Gasteiger partial charge < -0.3 is 19.3 Å². The smallest absolute Gasteiger partial charge is 0.388 e. The van der Waals surface area contributed by atoms with E-state index in [1.165, 1.54) is 0 Å². The minimum atomic E-state index is -5.72. The Morgan fingerprint density at radius 3 is 2.28 bits per heavy atom. The summed E-state index contributed by atoms with van der Waals surface area (Å²) < 4.78 is 75.2. The molecule has 0 spiro atoms. The molecule has 0 amide bonds. The third kappa shape index (κ3) is 4.30. The standard InChI is InChI=1S/C9H13F5O4/c1-16-7(18-4-5-3-17-5)6(15)2-8(10,11)9(12,13)14/h5-7,15H,2-4H2,1H3. The van der Waals surface area contributed by atoms with Crippen LogP contribution in [0.3, 0.4) is 0 Å².